The number of nitro groups is 1. The van der Waals surface area contributed by atoms with Crippen LogP contribution in [0.3, 0.4) is 0 Å². The van der Waals surface area contributed by atoms with Crippen molar-refractivity contribution in [1.82, 2.24) is 5.32 Å². The van der Waals surface area contributed by atoms with E-state index in [1.54, 1.807) is 13.8 Å². The molecule has 8 heteroatoms. The standard InChI is InChI=1S/C9H13N3O3S.ClH/c1-9(2,10)5-11-8(13)6-3-4-7(16-6)12(14)15;/h3-4H,5,10H2,1-2H3,(H,11,13);1H. The average molecular weight is 280 g/mol. The van der Waals surface area contributed by atoms with Crippen molar-refractivity contribution in [3.05, 3.63) is 27.1 Å². The first-order valence-corrected chi connectivity index (χ1v) is 5.42. The number of hydrogen-bond acceptors (Lipinski definition) is 5. The van der Waals surface area contributed by atoms with Gasteiger partial charge in [0.15, 0.2) is 0 Å². The molecule has 3 N–H and O–H groups in total. The maximum absolute atomic E-state index is 11.5. The van der Waals surface area contributed by atoms with Crippen molar-refractivity contribution in [2.45, 2.75) is 19.4 Å². The lowest BCUT2D eigenvalue weighted by atomic mass is 10.1. The first kappa shape index (κ1) is 15.8. The fraction of sp³-hybridized carbons (Fsp3) is 0.444. The molecule has 1 aromatic heterocycles. The summed E-state index contributed by atoms with van der Waals surface area (Å²) in [6.45, 7) is 3.88. The molecule has 0 radical (unpaired) electrons. The van der Waals surface area contributed by atoms with Gasteiger partial charge in [0.2, 0.25) is 0 Å². The van der Waals surface area contributed by atoms with Crippen molar-refractivity contribution in [3.8, 4) is 0 Å². The molecule has 1 rings (SSSR count). The van der Waals surface area contributed by atoms with Crippen LogP contribution in [-0.2, 0) is 0 Å². The molecular formula is C9H14ClN3O3S. The summed E-state index contributed by atoms with van der Waals surface area (Å²) in [5.74, 6) is -0.336. The van der Waals surface area contributed by atoms with Gasteiger partial charge in [0, 0.05) is 18.2 Å². The van der Waals surface area contributed by atoms with Gasteiger partial charge in [-0.05, 0) is 19.9 Å². The maximum atomic E-state index is 11.5. The van der Waals surface area contributed by atoms with E-state index in [9.17, 15) is 14.9 Å². The Morgan fingerprint density at radius 3 is 2.59 bits per heavy atom. The first-order valence-electron chi connectivity index (χ1n) is 4.61. The number of carbonyl (C=O) groups excluding carboxylic acids is 1. The lowest BCUT2D eigenvalue weighted by molar-refractivity contribution is -0.380. The van der Waals surface area contributed by atoms with Gasteiger partial charge in [-0.3, -0.25) is 14.9 Å². The Kier molecular flexibility index (Phi) is 5.53. The van der Waals surface area contributed by atoms with Crippen molar-refractivity contribution in [2.24, 2.45) is 5.73 Å². The van der Waals surface area contributed by atoms with Crippen LogP contribution in [0, 0.1) is 10.1 Å². The molecule has 0 saturated heterocycles. The third-order valence-corrected chi connectivity index (χ3v) is 2.74. The fourth-order valence-electron chi connectivity index (χ4n) is 0.943. The second kappa shape index (κ2) is 5.95. The minimum absolute atomic E-state index is 0. The number of hydrogen-bond donors (Lipinski definition) is 2. The van der Waals surface area contributed by atoms with Crippen molar-refractivity contribution >= 4 is 34.7 Å². The van der Waals surface area contributed by atoms with Gasteiger partial charge in [0.25, 0.3) is 5.91 Å². The Balaban J connectivity index is 0.00000256. The van der Waals surface area contributed by atoms with Crippen LogP contribution in [0.4, 0.5) is 5.00 Å². The minimum atomic E-state index is -0.520. The Labute approximate surface area is 109 Å². The second-order valence-electron chi connectivity index (χ2n) is 4.07. The van der Waals surface area contributed by atoms with Gasteiger partial charge in [0.05, 0.1) is 9.80 Å². The van der Waals surface area contributed by atoms with Crippen LogP contribution in [0.2, 0.25) is 0 Å². The van der Waals surface area contributed by atoms with Crippen molar-refractivity contribution in [3.63, 3.8) is 0 Å². The topological polar surface area (TPSA) is 98.3 Å². The van der Waals surface area contributed by atoms with E-state index in [0.29, 0.717) is 11.4 Å². The molecule has 0 spiro atoms. The van der Waals surface area contributed by atoms with E-state index in [0.717, 1.165) is 11.3 Å². The van der Waals surface area contributed by atoms with Gasteiger partial charge >= 0.3 is 5.00 Å². The summed E-state index contributed by atoms with van der Waals surface area (Å²) in [6, 6.07) is 2.74. The van der Waals surface area contributed by atoms with Crippen LogP contribution in [0.1, 0.15) is 23.5 Å². The Morgan fingerprint density at radius 2 is 2.18 bits per heavy atom. The Bertz CT molecular complexity index is 414. The molecule has 0 atom stereocenters. The fourth-order valence-corrected chi connectivity index (χ4v) is 1.68. The zero-order valence-corrected chi connectivity index (χ0v) is 11.1. The number of nitrogens with zero attached hydrogens (tertiary/aromatic N) is 1. The van der Waals surface area contributed by atoms with Crippen LogP contribution in [-0.4, -0.2) is 22.9 Å². The number of nitrogens with one attached hydrogen (secondary N) is 1. The summed E-state index contributed by atoms with van der Waals surface area (Å²) in [7, 11) is 0. The molecule has 1 heterocycles. The van der Waals surface area contributed by atoms with E-state index in [2.05, 4.69) is 5.32 Å². The number of thiophene rings is 1. The first-order chi connectivity index (χ1) is 7.29. The second-order valence-corrected chi connectivity index (χ2v) is 5.13. The number of halogens is 1. The normalized spacial score (nSPS) is 10.5. The molecule has 1 amide bonds. The summed E-state index contributed by atoms with van der Waals surface area (Å²) in [4.78, 5) is 21.8. The smallest absolute Gasteiger partial charge is 0.324 e. The molecule has 0 aliphatic carbocycles. The van der Waals surface area contributed by atoms with E-state index in [1.807, 2.05) is 0 Å². The third kappa shape index (κ3) is 5.12. The number of rotatable bonds is 4. The van der Waals surface area contributed by atoms with E-state index < -0.39 is 10.5 Å². The lowest BCUT2D eigenvalue weighted by Crippen LogP contribution is -2.44. The lowest BCUT2D eigenvalue weighted by Gasteiger charge is -2.18. The molecule has 0 aliphatic heterocycles. The zero-order valence-electron chi connectivity index (χ0n) is 9.43. The number of amides is 1. The predicted molar refractivity (Wildman–Crippen MR) is 68.8 cm³/mol. The van der Waals surface area contributed by atoms with Crippen LogP contribution < -0.4 is 11.1 Å². The predicted octanol–water partition coefficient (Wildman–Crippen LogP) is 1.55. The van der Waals surface area contributed by atoms with E-state index in [4.69, 9.17) is 5.73 Å². The van der Waals surface area contributed by atoms with E-state index in [-0.39, 0.29) is 23.3 Å². The average Bonchev–Trinajstić information content (AvgIpc) is 2.61. The molecule has 0 saturated carbocycles. The van der Waals surface area contributed by atoms with Gasteiger partial charge in [0.1, 0.15) is 0 Å². The third-order valence-electron chi connectivity index (χ3n) is 1.70. The molecule has 0 fully saturated rings. The van der Waals surface area contributed by atoms with Gasteiger partial charge in [-0.2, -0.15) is 0 Å². The molecule has 6 nitrogen and oxygen atoms in total. The van der Waals surface area contributed by atoms with Crippen molar-refractivity contribution in [2.75, 3.05) is 6.54 Å². The summed E-state index contributed by atoms with van der Waals surface area (Å²) in [5, 5.41) is 13.0. The Morgan fingerprint density at radius 1 is 1.59 bits per heavy atom. The van der Waals surface area contributed by atoms with E-state index in [1.165, 1.54) is 12.1 Å². The highest BCUT2D eigenvalue weighted by molar-refractivity contribution is 7.17. The molecule has 1 aromatic rings. The molecule has 0 unspecified atom stereocenters. The number of nitrogens with two attached hydrogens (primary N) is 1. The molecule has 0 aliphatic rings. The summed E-state index contributed by atoms with van der Waals surface area (Å²) in [5.41, 5.74) is 5.19. The van der Waals surface area contributed by atoms with Crippen molar-refractivity contribution < 1.29 is 9.72 Å². The van der Waals surface area contributed by atoms with Crippen LogP contribution in [0.5, 0.6) is 0 Å². The van der Waals surface area contributed by atoms with Gasteiger partial charge in [-0.1, -0.05) is 11.3 Å². The van der Waals surface area contributed by atoms with Gasteiger partial charge in [-0.15, -0.1) is 12.4 Å². The highest BCUT2D eigenvalue weighted by atomic mass is 35.5. The molecule has 17 heavy (non-hydrogen) atoms. The molecule has 96 valence electrons. The Hall–Kier alpha value is -1.18. The summed E-state index contributed by atoms with van der Waals surface area (Å²) >= 11 is 0.848. The number of carbonyl (C=O) groups is 1. The molecule has 0 aromatic carbocycles. The quantitative estimate of drug-likeness (QED) is 0.645. The zero-order chi connectivity index (χ0) is 12.3. The summed E-state index contributed by atoms with van der Waals surface area (Å²) < 4.78 is 0. The highest BCUT2D eigenvalue weighted by Crippen LogP contribution is 2.23. The van der Waals surface area contributed by atoms with Crippen LogP contribution >= 0.6 is 23.7 Å². The molecule has 0 bridgehead atoms. The highest BCUT2D eigenvalue weighted by Gasteiger charge is 2.17. The monoisotopic (exact) mass is 279 g/mol. The van der Waals surface area contributed by atoms with Gasteiger partial charge in [-0.25, -0.2) is 0 Å². The minimum Gasteiger partial charge on any atom is -0.350 e. The summed E-state index contributed by atoms with van der Waals surface area (Å²) in [6.07, 6.45) is 0. The maximum Gasteiger partial charge on any atom is 0.324 e. The van der Waals surface area contributed by atoms with Crippen LogP contribution in [0.15, 0.2) is 12.1 Å². The van der Waals surface area contributed by atoms with Crippen molar-refractivity contribution in [1.29, 1.82) is 0 Å². The van der Waals surface area contributed by atoms with Crippen LogP contribution in [0.25, 0.3) is 0 Å². The van der Waals surface area contributed by atoms with Gasteiger partial charge < -0.3 is 11.1 Å². The SMILES string of the molecule is CC(C)(N)CNC(=O)c1ccc([N+](=O)[O-])s1.Cl. The molecular weight excluding hydrogens is 266 g/mol. The van der Waals surface area contributed by atoms with E-state index >= 15 is 0 Å². The largest absolute Gasteiger partial charge is 0.350 e.